The SMILES string of the molecule is O=C(OC(Cl)C(Cl)Cl)c1ccccc1. The maximum absolute atomic E-state index is 11.3. The van der Waals surface area contributed by atoms with Gasteiger partial charge in [0.15, 0.2) is 4.84 Å². The predicted molar refractivity (Wildman–Crippen MR) is 57.0 cm³/mol. The molecule has 0 radical (unpaired) electrons. The second-order valence-corrected chi connectivity index (χ2v) is 4.05. The lowest BCUT2D eigenvalue weighted by atomic mass is 10.2. The van der Waals surface area contributed by atoms with E-state index >= 15 is 0 Å². The monoisotopic (exact) mass is 252 g/mol. The highest BCUT2D eigenvalue weighted by Gasteiger charge is 2.19. The first kappa shape index (κ1) is 11.6. The summed E-state index contributed by atoms with van der Waals surface area (Å²) in [6.07, 6.45) is 0. The Morgan fingerprint density at radius 3 is 2.21 bits per heavy atom. The first-order valence-corrected chi connectivity index (χ1v) is 5.10. The Morgan fingerprint density at radius 2 is 1.71 bits per heavy atom. The molecule has 0 fully saturated rings. The Bertz CT molecular complexity index is 300. The first-order valence-electron chi connectivity index (χ1n) is 3.79. The number of halogens is 3. The Kier molecular flexibility index (Phi) is 4.52. The van der Waals surface area contributed by atoms with E-state index in [2.05, 4.69) is 0 Å². The number of hydrogen-bond donors (Lipinski definition) is 0. The lowest BCUT2D eigenvalue weighted by molar-refractivity contribution is 0.0465. The van der Waals surface area contributed by atoms with Crippen molar-refractivity contribution in [2.75, 3.05) is 0 Å². The summed E-state index contributed by atoms with van der Waals surface area (Å²) in [5.41, 5.74) is -0.627. The molecule has 0 N–H and O–H groups in total. The summed E-state index contributed by atoms with van der Waals surface area (Å²) in [6.45, 7) is 0. The highest BCUT2D eigenvalue weighted by Crippen LogP contribution is 2.17. The van der Waals surface area contributed by atoms with Crippen LogP contribution >= 0.6 is 34.8 Å². The van der Waals surface area contributed by atoms with E-state index in [1.165, 1.54) is 0 Å². The van der Waals surface area contributed by atoms with Crippen LogP contribution in [-0.4, -0.2) is 16.4 Å². The van der Waals surface area contributed by atoms with E-state index < -0.39 is 16.4 Å². The van der Waals surface area contributed by atoms with Crippen molar-refractivity contribution in [2.45, 2.75) is 10.4 Å². The highest BCUT2D eigenvalue weighted by molar-refractivity contribution is 6.48. The molecule has 0 saturated heterocycles. The van der Waals surface area contributed by atoms with Gasteiger partial charge in [0.25, 0.3) is 0 Å². The fourth-order valence-electron chi connectivity index (χ4n) is 0.796. The molecular weight excluding hydrogens is 246 g/mol. The fraction of sp³-hybridized carbons (Fsp3) is 0.222. The molecule has 0 heterocycles. The second kappa shape index (κ2) is 5.44. The van der Waals surface area contributed by atoms with Crippen molar-refractivity contribution in [3.05, 3.63) is 35.9 Å². The van der Waals surface area contributed by atoms with Crippen molar-refractivity contribution in [2.24, 2.45) is 0 Å². The minimum atomic E-state index is -1.04. The topological polar surface area (TPSA) is 26.3 Å². The minimum Gasteiger partial charge on any atom is -0.439 e. The summed E-state index contributed by atoms with van der Waals surface area (Å²) in [5.74, 6) is -0.545. The van der Waals surface area contributed by atoms with E-state index in [4.69, 9.17) is 39.5 Å². The van der Waals surface area contributed by atoms with Crippen molar-refractivity contribution in [1.82, 2.24) is 0 Å². The number of benzene rings is 1. The average molecular weight is 254 g/mol. The lowest BCUT2D eigenvalue weighted by Gasteiger charge is -2.11. The van der Waals surface area contributed by atoms with Gasteiger partial charge in [-0.1, -0.05) is 53.0 Å². The van der Waals surface area contributed by atoms with Crippen LogP contribution in [-0.2, 0) is 4.74 Å². The van der Waals surface area contributed by atoms with Gasteiger partial charge in [0.1, 0.15) is 0 Å². The first-order chi connectivity index (χ1) is 6.61. The van der Waals surface area contributed by atoms with Gasteiger partial charge in [0.2, 0.25) is 5.56 Å². The van der Waals surface area contributed by atoms with Crippen LogP contribution in [0.25, 0.3) is 0 Å². The zero-order valence-electron chi connectivity index (χ0n) is 6.99. The molecule has 0 aliphatic rings. The summed E-state index contributed by atoms with van der Waals surface area (Å²) in [7, 11) is 0. The van der Waals surface area contributed by atoms with E-state index in [0.29, 0.717) is 5.56 Å². The van der Waals surface area contributed by atoms with Crippen LogP contribution in [0.1, 0.15) is 10.4 Å². The molecule has 1 aromatic rings. The summed E-state index contributed by atoms with van der Waals surface area (Å²) in [6, 6.07) is 8.46. The molecule has 0 spiro atoms. The third-order valence-electron chi connectivity index (χ3n) is 1.43. The van der Waals surface area contributed by atoms with E-state index in [1.807, 2.05) is 0 Å². The molecule has 0 bridgehead atoms. The van der Waals surface area contributed by atoms with Gasteiger partial charge >= 0.3 is 5.97 Å². The van der Waals surface area contributed by atoms with Crippen LogP contribution in [0.4, 0.5) is 0 Å². The van der Waals surface area contributed by atoms with E-state index in [0.717, 1.165) is 0 Å². The molecule has 0 amide bonds. The molecule has 1 rings (SSSR count). The van der Waals surface area contributed by atoms with Gasteiger partial charge in [0, 0.05) is 0 Å². The molecule has 14 heavy (non-hydrogen) atoms. The Hall–Kier alpha value is -0.440. The molecule has 1 aromatic carbocycles. The van der Waals surface area contributed by atoms with Gasteiger partial charge < -0.3 is 4.74 Å². The molecule has 0 aromatic heterocycles. The quantitative estimate of drug-likeness (QED) is 0.611. The van der Waals surface area contributed by atoms with Gasteiger partial charge in [-0.25, -0.2) is 4.79 Å². The van der Waals surface area contributed by atoms with E-state index in [-0.39, 0.29) is 0 Å². The molecule has 1 atom stereocenters. The van der Waals surface area contributed by atoms with Crippen LogP contribution in [0.15, 0.2) is 30.3 Å². The Labute approximate surface area is 96.7 Å². The van der Waals surface area contributed by atoms with Gasteiger partial charge in [-0.2, -0.15) is 0 Å². The fourth-order valence-corrected chi connectivity index (χ4v) is 0.980. The molecule has 1 unspecified atom stereocenters. The maximum Gasteiger partial charge on any atom is 0.339 e. The van der Waals surface area contributed by atoms with Crippen LogP contribution in [0.3, 0.4) is 0 Å². The zero-order chi connectivity index (χ0) is 10.6. The molecule has 0 aliphatic carbocycles. The molecule has 2 nitrogen and oxygen atoms in total. The average Bonchev–Trinajstić information content (AvgIpc) is 2.19. The molecule has 0 aliphatic heterocycles. The predicted octanol–water partition coefficient (Wildman–Crippen LogP) is 3.21. The number of esters is 1. The number of hydrogen-bond acceptors (Lipinski definition) is 2. The maximum atomic E-state index is 11.3. The number of rotatable bonds is 3. The largest absolute Gasteiger partial charge is 0.439 e. The second-order valence-electron chi connectivity index (χ2n) is 2.46. The lowest BCUT2D eigenvalue weighted by Crippen LogP contribution is -2.18. The van der Waals surface area contributed by atoms with Gasteiger partial charge in [-0.3, -0.25) is 0 Å². The molecule has 76 valence electrons. The third-order valence-corrected chi connectivity index (χ3v) is 2.48. The van der Waals surface area contributed by atoms with Crippen molar-refractivity contribution in [3.8, 4) is 0 Å². The summed E-state index contributed by atoms with van der Waals surface area (Å²) < 4.78 is 4.76. The molecule has 5 heteroatoms. The van der Waals surface area contributed by atoms with Crippen molar-refractivity contribution >= 4 is 40.8 Å². The van der Waals surface area contributed by atoms with Gasteiger partial charge in [-0.15, -0.1) is 0 Å². The van der Waals surface area contributed by atoms with Crippen molar-refractivity contribution in [1.29, 1.82) is 0 Å². The van der Waals surface area contributed by atoms with Crippen molar-refractivity contribution < 1.29 is 9.53 Å². The number of alkyl halides is 3. The van der Waals surface area contributed by atoms with Crippen LogP contribution in [0.2, 0.25) is 0 Å². The number of carbonyl (C=O) groups is 1. The third kappa shape index (κ3) is 3.37. The summed E-state index contributed by atoms with van der Waals surface area (Å²) in [4.78, 5) is 10.4. The normalized spacial score (nSPS) is 12.6. The smallest absolute Gasteiger partial charge is 0.339 e. The standard InChI is InChI=1S/C9H7Cl3O2/c10-7(11)8(12)14-9(13)6-4-2-1-3-5-6/h1-5,7-8H. The van der Waals surface area contributed by atoms with Crippen LogP contribution in [0, 0.1) is 0 Å². The molecule has 0 saturated carbocycles. The van der Waals surface area contributed by atoms with Gasteiger partial charge in [-0.05, 0) is 12.1 Å². The van der Waals surface area contributed by atoms with Crippen LogP contribution in [0.5, 0.6) is 0 Å². The van der Waals surface area contributed by atoms with Gasteiger partial charge in [0.05, 0.1) is 5.56 Å². The Balaban J connectivity index is 2.60. The van der Waals surface area contributed by atoms with E-state index in [1.54, 1.807) is 30.3 Å². The Morgan fingerprint density at radius 1 is 1.14 bits per heavy atom. The zero-order valence-corrected chi connectivity index (χ0v) is 9.26. The molecular formula is C9H7Cl3O2. The van der Waals surface area contributed by atoms with E-state index in [9.17, 15) is 4.79 Å². The minimum absolute atomic E-state index is 0.409. The van der Waals surface area contributed by atoms with Crippen molar-refractivity contribution in [3.63, 3.8) is 0 Å². The summed E-state index contributed by atoms with van der Waals surface area (Å²) in [5, 5.41) is 0. The van der Waals surface area contributed by atoms with Crippen LogP contribution < -0.4 is 0 Å². The number of ether oxygens (including phenoxy) is 1. The summed E-state index contributed by atoms with van der Waals surface area (Å²) >= 11 is 16.4. The number of carbonyl (C=O) groups excluding carboxylic acids is 1. The highest BCUT2D eigenvalue weighted by atomic mass is 35.5.